The van der Waals surface area contributed by atoms with Crippen LogP contribution in [-0.2, 0) is 9.53 Å². The molecule has 110 valence electrons. The number of amides is 2. The Hall–Kier alpha value is -1.81. The monoisotopic (exact) mass is 281 g/mol. The summed E-state index contributed by atoms with van der Waals surface area (Å²) in [5, 5.41) is 17.6. The van der Waals surface area contributed by atoms with Crippen molar-refractivity contribution in [2.45, 2.75) is 25.4 Å². The molecule has 20 heavy (non-hydrogen) atoms. The second-order valence-electron chi connectivity index (χ2n) is 5.25. The van der Waals surface area contributed by atoms with Crippen LogP contribution in [0.15, 0.2) is 0 Å². The van der Waals surface area contributed by atoms with E-state index in [1.807, 2.05) is 6.07 Å². The third-order valence-electron chi connectivity index (χ3n) is 3.83. The van der Waals surface area contributed by atoms with Gasteiger partial charge in [-0.15, -0.1) is 0 Å². The summed E-state index contributed by atoms with van der Waals surface area (Å²) in [4.78, 5) is 26.4. The fraction of sp³-hybridized carbons (Fsp3) is 0.769. The number of carboxylic acids is 1. The Labute approximate surface area is 117 Å². The number of piperidine rings is 1. The van der Waals surface area contributed by atoms with Crippen molar-refractivity contribution >= 4 is 12.0 Å². The maximum absolute atomic E-state index is 12.3. The van der Waals surface area contributed by atoms with Gasteiger partial charge in [-0.3, -0.25) is 4.79 Å². The number of ether oxygens (including phenoxy) is 1. The molecule has 1 unspecified atom stereocenters. The molecule has 0 radical (unpaired) electrons. The summed E-state index contributed by atoms with van der Waals surface area (Å²) in [6.45, 7) is 2.38. The zero-order valence-corrected chi connectivity index (χ0v) is 11.3. The smallest absolute Gasteiger partial charge is 0.320 e. The highest BCUT2D eigenvalue weighted by molar-refractivity contribution is 5.75. The predicted octanol–water partition coefficient (Wildman–Crippen LogP) is 0.517. The van der Waals surface area contributed by atoms with E-state index in [0.717, 1.165) is 12.8 Å². The molecule has 1 atom stereocenters. The minimum atomic E-state index is -0.778. The quantitative estimate of drug-likeness (QED) is 0.796. The second kappa shape index (κ2) is 6.57. The normalized spacial score (nSPS) is 24.2. The molecule has 0 saturated carbocycles. The molecule has 2 aliphatic heterocycles. The van der Waals surface area contributed by atoms with Crippen LogP contribution in [0.2, 0.25) is 0 Å². The van der Waals surface area contributed by atoms with Crippen molar-refractivity contribution in [1.29, 1.82) is 5.26 Å². The number of carbonyl (C=O) groups is 2. The molecule has 1 N–H and O–H groups in total. The Morgan fingerprint density at radius 1 is 1.25 bits per heavy atom. The van der Waals surface area contributed by atoms with Crippen LogP contribution in [0.4, 0.5) is 4.79 Å². The Balaban J connectivity index is 1.82. The molecule has 2 aliphatic rings. The number of rotatable bonds is 2. The molecule has 2 heterocycles. The lowest BCUT2D eigenvalue weighted by Crippen LogP contribution is -2.52. The number of urea groups is 1. The van der Waals surface area contributed by atoms with Crippen molar-refractivity contribution in [3.05, 3.63) is 0 Å². The Bertz CT molecular complexity index is 412. The van der Waals surface area contributed by atoms with Gasteiger partial charge in [0.25, 0.3) is 0 Å². The first-order valence-electron chi connectivity index (χ1n) is 6.87. The number of likely N-dealkylation sites (tertiary alicyclic amines) is 1. The van der Waals surface area contributed by atoms with Gasteiger partial charge >= 0.3 is 12.0 Å². The van der Waals surface area contributed by atoms with E-state index in [1.165, 1.54) is 0 Å². The van der Waals surface area contributed by atoms with Gasteiger partial charge in [0.15, 0.2) is 6.10 Å². The van der Waals surface area contributed by atoms with Crippen molar-refractivity contribution < 1.29 is 19.4 Å². The lowest BCUT2D eigenvalue weighted by atomic mass is 9.94. The highest BCUT2D eigenvalue weighted by Gasteiger charge is 2.30. The van der Waals surface area contributed by atoms with Crippen LogP contribution in [-0.4, -0.2) is 65.8 Å². The second-order valence-corrected chi connectivity index (χ2v) is 5.25. The lowest BCUT2D eigenvalue weighted by molar-refractivity contribution is -0.138. The summed E-state index contributed by atoms with van der Waals surface area (Å²) in [5.41, 5.74) is 0. The van der Waals surface area contributed by atoms with Gasteiger partial charge in [-0.2, -0.15) is 5.26 Å². The van der Waals surface area contributed by atoms with E-state index >= 15 is 0 Å². The van der Waals surface area contributed by atoms with E-state index in [1.54, 1.807) is 9.80 Å². The zero-order chi connectivity index (χ0) is 14.5. The Morgan fingerprint density at radius 2 is 1.95 bits per heavy atom. The van der Waals surface area contributed by atoms with Crippen molar-refractivity contribution in [2.24, 2.45) is 5.92 Å². The van der Waals surface area contributed by atoms with Crippen LogP contribution in [0.25, 0.3) is 0 Å². The average molecular weight is 281 g/mol. The summed E-state index contributed by atoms with van der Waals surface area (Å²) in [7, 11) is 0. The first kappa shape index (κ1) is 14.6. The van der Waals surface area contributed by atoms with E-state index in [4.69, 9.17) is 15.1 Å². The topological polar surface area (TPSA) is 93.9 Å². The summed E-state index contributed by atoms with van der Waals surface area (Å²) >= 11 is 0. The summed E-state index contributed by atoms with van der Waals surface area (Å²) < 4.78 is 5.22. The van der Waals surface area contributed by atoms with Crippen LogP contribution >= 0.6 is 0 Å². The molecular weight excluding hydrogens is 262 g/mol. The van der Waals surface area contributed by atoms with E-state index < -0.39 is 12.1 Å². The molecule has 0 aromatic heterocycles. The number of carbonyl (C=O) groups excluding carboxylic acids is 1. The first-order valence-corrected chi connectivity index (χ1v) is 6.87. The molecule has 0 aromatic carbocycles. The highest BCUT2D eigenvalue weighted by atomic mass is 16.5. The number of aliphatic carboxylic acids is 1. The Kier molecular flexibility index (Phi) is 4.79. The van der Waals surface area contributed by atoms with Gasteiger partial charge in [0.2, 0.25) is 0 Å². The average Bonchev–Trinajstić information content (AvgIpc) is 2.47. The van der Waals surface area contributed by atoms with Crippen molar-refractivity contribution in [1.82, 2.24) is 9.80 Å². The summed E-state index contributed by atoms with van der Waals surface area (Å²) in [5.74, 6) is -0.618. The minimum absolute atomic E-state index is 0.0673. The Morgan fingerprint density at radius 3 is 2.55 bits per heavy atom. The number of hydrogen-bond acceptors (Lipinski definition) is 4. The fourth-order valence-electron chi connectivity index (χ4n) is 2.68. The van der Waals surface area contributed by atoms with Crippen LogP contribution in [0.3, 0.4) is 0 Å². The molecule has 2 amide bonds. The number of nitriles is 1. The molecule has 7 nitrogen and oxygen atoms in total. The van der Waals surface area contributed by atoms with E-state index in [0.29, 0.717) is 32.8 Å². The van der Waals surface area contributed by atoms with Crippen molar-refractivity contribution in [3.8, 4) is 6.07 Å². The maximum atomic E-state index is 12.3. The van der Waals surface area contributed by atoms with Gasteiger partial charge in [0.05, 0.1) is 19.2 Å². The molecule has 2 fully saturated rings. The molecule has 2 rings (SSSR count). The predicted molar refractivity (Wildman–Crippen MR) is 68.9 cm³/mol. The standard InChI is InChI=1S/C13H19N3O4/c14-8-11-9-16(5-6-20-11)13(19)15-3-1-10(2-4-15)7-12(17)18/h10-11H,1-7,9H2,(H,17,18). The van der Waals surface area contributed by atoms with Crippen molar-refractivity contribution in [2.75, 3.05) is 32.8 Å². The molecule has 0 aliphatic carbocycles. The van der Waals surface area contributed by atoms with E-state index in [-0.39, 0.29) is 18.4 Å². The van der Waals surface area contributed by atoms with Gasteiger partial charge in [0, 0.05) is 26.1 Å². The van der Waals surface area contributed by atoms with Gasteiger partial charge in [-0.25, -0.2) is 4.79 Å². The highest BCUT2D eigenvalue weighted by Crippen LogP contribution is 2.21. The van der Waals surface area contributed by atoms with Gasteiger partial charge in [0.1, 0.15) is 0 Å². The van der Waals surface area contributed by atoms with Gasteiger partial charge in [-0.1, -0.05) is 0 Å². The molecule has 2 saturated heterocycles. The molecule has 0 bridgehead atoms. The zero-order valence-electron chi connectivity index (χ0n) is 11.3. The maximum Gasteiger partial charge on any atom is 0.320 e. The van der Waals surface area contributed by atoms with E-state index in [2.05, 4.69) is 0 Å². The number of hydrogen-bond donors (Lipinski definition) is 1. The fourth-order valence-corrected chi connectivity index (χ4v) is 2.68. The third-order valence-corrected chi connectivity index (χ3v) is 3.83. The summed E-state index contributed by atoms with van der Waals surface area (Å²) in [6.07, 6.45) is 1.08. The number of morpholine rings is 1. The number of carboxylic acid groups (broad SMARTS) is 1. The molecular formula is C13H19N3O4. The van der Waals surface area contributed by atoms with Crippen LogP contribution < -0.4 is 0 Å². The van der Waals surface area contributed by atoms with Crippen LogP contribution in [0.1, 0.15) is 19.3 Å². The van der Waals surface area contributed by atoms with Crippen LogP contribution in [0, 0.1) is 17.2 Å². The lowest BCUT2D eigenvalue weighted by Gasteiger charge is -2.37. The van der Waals surface area contributed by atoms with E-state index in [9.17, 15) is 9.59 Å². The van der Waals surface area contributed by atoms with Gasteiger partial charge < -0.3 is 19.6 Å². The third kappa shape index (κ3) is 3.61. The summed E-state index contributed by atoms with van der Waals surface area (Å²) in [6, 6.07) is 1.95. The van der Waals surface area contributed by atoms with Crippen molar-refractivity contribution in [3.63, 3.8) is 0 Å². The van der Waals surface area contributed by atoms with Crippen LogP contribution in [0.5, 0.6) is 0 Å². The molecule has 7 heteroatoms. The largest absolute Gasteiger partial charge is 0.481 e. The molecule has 0 aromatic rings. The molecule has 0 spiro atoms. The SMILES string of the molecule is N#CC1CN(C(=O)N2CCC(CC(=O)O)CC2)CCO1. The van der Waals surface area contributed by atoms with Gasteiger partial charge in [-0.05, 0) is 18.8 Å². The first-order chi connectivity index (χ1) is 9.60. The minimum Gasteiger partial charge on any atom is -0.481 e. The number of nitrogens with zero attached hydrogens (tertiary/aromatic N) is 3.